The van der Waals surface area contributed by atoms with Crippen LogP contribution in [0.5, 0.6) is 0 Å². The van der Waals surface area contributed by atoms with E-state index in [0.29, 0.717) is 21.3 Å². The molecule has 0 atom stereocenters. The second kappa shape index (κ2) is 8.66. The minimum absolute atomic E-state index is 0.254. The molecule has 1 aromatic heterocycles. The predicted octanol–water partition coefficient (Wildman–Crippen LogP) is 7.11. The summed E-state index contributed by atoms with van der Waals surface area (Å²) in [6, 6.07) is 21.9. The average Bonchev–Trinajstić information content (AvgIpc) is 3.19. The Labute approximate surface area is 182 Å². The number of nitrogens with one attached hydrogen (secondary N) is 2. The summed E-state index contributed by atoms with van der Waals surface area (Å²) in [5.74, 6) is -0.254. The van der Waals surface area contributed by atoms with Gasteiger partial charge in [0.05, 0.1) is 16.3 Å². The Bertz CT molecular complexity index is 1160. The molecular formula is C22H15Cl2N3OS. The van der Waals surface area contributed by atoms with Gasteiger partial charge in [-0.25, -0.2) is 4.98 Å². The van der Waals surface area contributed by atoms with E-state index < -0.39 is 0 Å². The highest BCUT2D eigenvalue weighted by Gasteiger charge is 2.11. The van der Waals surface area contributed by atoms with E-state index in [-0.39, 0.29) is 5.91 Å². The van der Waals surface area contributed by atoms with Crippen LogP contribution in [0.3, 0.4) is 0 Å². The number of carbonyl (C=O) groups is 1. The van der Waals surface area contributed by atoms with Crippen molar-refractivity contribution < 1.29 is 4.79 Å². The van der Waals surface area contributed by atoms with E-state index >= 15 is 0 Å². The lowest BCUT2D eigenvalue weighted by Gasteiger charge is -2.08. The van der Waals surface area contributed by atoms with E-state index in [1.165, 1.54) is 11.3 Å². The molecule has 7 heteroatoms. The lowest BCUT2D eigenvalue weighted by Crippen LogP contribution is -2.12. The van der Waals surface area contributed by atoms with Crippen molar-refractivity contribution >= 4 is 57.0 Å². The van der Waals surface area contributed by atoms with Gasteiger partial charge in [-0.2, -0.15) is 0 Å². The van der Waals surface area contributed by atoms with E-state index in [1.807, 2.05) is 53.9 Å². The SMILES string of the molecule is O=C(Nc1cccc(-c2csc(Nc3ccc(Cl)cc3)n2)c1)c1ccccc1Cl. The molecule has 3 aromatic carbocycles. The van der Waals surface area contributed by atoms with E-state index in [1.54, 1.807) is 24.3 Å². The van der Waals surface area contributed by atoms with Crippen molar-refractivity contribution in [3.63, 3.8) is 0 Å². The van der Waals surface area contributed by atoms with Gasteiger partial charge in [0.25, 0.3) is 5.91 Å². The Balaban J connectivity index is 1.50. The molecule has 0 aliphatic heterocycles. The van der Waals surface area contributed by atoms with Crippen molar-refractivity contribution in [1.82, 2.24) is 4.98 Å². The first kappa shape index (κ1) is 19.5. The summed E-state index contributed by atoms with van der Waals surface area (Å²) >= 11 is 13.5. The molecule has 144 valence electrons. The van der Waals surface area contributed by atoms with Crippen LogP contribution in [0.15, 0.2) is 78.2 Å². The first-order valence-electron chi connectivity index (χ1n) is 8.73. The second-order valence-electron chi connectivity index (χ2n) is 6.18. The molecule has 4 aromatic rings. The van der Waals surface area contributed by atoms with Crippen molar-refractivity contribution in [1.29, 1.82) is 0 Å². The van der Waals surface area contributed by atoms with E-state index in [9.17, 15) is 4.79 Å². The molecule has 0 saturated carbocycles. The average molecular weight is 440 g/mol. The van der Waals surface area contributed by atoms with Gasteiger partial charge in [0.1, 0.15) is 0 Å². The summed E-state index contributed by atoms with van der Waals surface area (Å²) < 4.78 is 0. The standard InChI is InChI=1S/C22H15Cl2N3OS/c23-15-8-10-16(11-9-15)26-22-27-20(13-29-22)14-4-3-5-17(12-14)25-21(28)18-6-1-2-7-19(18)24/h1-13H,(H,25,28)(H,26,27). The van der Waals surface area contributed by atoms with Crippen molar-refractivity contribution in [3.8, 4) is 11.3 Å². The number of benzene rings is 3. The Kier molecular flexibility index (Phi) is 5.81. The van der Waals surface area contributed by atoms with Crippen LogP contribution in [0.1, 0.15) is 10.4 Å². The quantitative estimate of drug-likeness (QED) is 0.348. The fourth-order valence-electron chi connectivity index (χ4n) is 2.72. The first-order valence-corrected chi connectivity index (χ1v) is 10.4. The van der Waals surface area contributed by atoms with Gasteiger partial charge in [-0.05, 0) is 48.5 Å². The fraction of sp³-hybridized carbons (Fsp3) is 0. The molecule has 1 heterocycles. The Morgan fingerprint density at radius 2 is 1.69 bits per heavy atom. The van der Waals surface area contributed by atoms with Gasteiger partial charge >= 0.3 is 0 Å². The van der Waals surface area contributed by atoms with E-state index in [4.69, 9.17) is 23.2 Å². The molecule has 0 aliphatic rings. The van der Waals surface area contributed by atoms with Crippen LogP contribution in [0.25, 0.3) is 11.3 Å². The largest absolute Gasteiger partial charge is 0.332 e. The van der Waals surface area contributed by atoms with Gasteiger partial charge in [-0.3, -0.25) is 4.79 Å². The topological polar surface area (TPSA) is 54.0 Å². The number of thiazole rings is 1. The van der Waals surface area contributed by atoms with Crippen molar-refractivity contribution in [2.24, 2.45) is 0 Å². The van der Waals surface area contributed by atoms with Crippen molar-refractivity contribution in [2.45, 2.75) is 0 Å². The molecule has 2 N–H and O–H groups in total. The zero-order valence-corrected chi connectivity index (χ0v) is 17.4. The Morgan fingerprint density at radius 1 is 0.897 bits per heavy atom. The number of amides is 1. The molecular weight excluding hydrogens is 425 g/mol. The van der Waals surface area contributed by atoms with Gasteiger partial charge in [-0.15, -0.1) is 11.3 Å². The zero-order valence-electron chi connectivity index (χ0n) is 15.0. The highest BCUT2D eigenvalue weighted by molar-refractivity contribution is 7.14. The van der Waals surface area contributed by atoms with Crippen LogP contribution in [-0.4, -0.2) is 10.9 Å². The Morgan fingerprint density at radius 3 is 2.48 bits per heavy atom. The lowest BCUT2D eigenvalue weighted by molar-refractivity contribution is 0.102. The second-order valence-corrected chi connectivity index (χ2v) is 7.89. The number of nitrogens with zero attached hydrogens (tertiary/aromatic N) is 1. The number of hydrogen-bond acceptors (Lipinski definition) is 4. The summed E-state index contributed by atoms with van der Waals surface area (Å²) in [4.78, 5) is 17.1. The number of halogens is 2. The molecule has 0 aliphatic carbocycles. The van der Waals surface area contributed by atoms with Crippen LogP contribution in [0.2, 0.25) is 10.0 Å². The van der Waals surface area contributed by atoms with Gasteiger partial charge in [0.15, 0.2) is 5.13 Å². The maximum atomic E-state index is 12.5. The highest BCUT2D eigenvalue weighted by atomic mass is 35.5. The number of hydrogen-bond donors (Lipinski definition) is 2. The minimum Gasteiger partial charge on any atom is -0.332 e. The summed E-state index contributed by atoms with van der Waals surface area (Å²) in [7, 11) is 0. The van der Waals surface area contributed by atoms with Gasteiger partial charge in [-0.1, -0.05) is 47.5 Å². The maximum absolute atomic E-state index is 12.5. The molecule has 0 fully saturated rings. The van der Waals surface area contributed by atoms with Crippen LogP contribution >= 0.6 is 34.5 Å². The normalized spacial score (nSPS) is 10.6. The van der Waals surface area contributed by atoms with Crippen molar-refractivity contribution in [3.05, 3.63) is 93.8 Å². The monoisotopic (exact) mass is 439 g/mol. The van der Waals surface area contributed by atoms with Crippen LogP contribution in [-0.2, 0) is 0 Å². The fourth-order valence-corrected chi connectivity index (χ4v) is 3.81. The smallest absolute Gasteiger partial charge is 0.257 e. The molecule has 1 amide bonds. The van der Waals surface area contributed by atoms with Crippen molar-refractivity contribution in [2.75, 3.05) is 10.6 Å². The van der Waals surface area contributed by atoms with Gasteiger partial charge < -0.3 is 10.6 Å². The summed E-state index contributed by atoms with van der Waals surface area (Å²) in [6.07, 6.45) is 0. The zero-order chi connectivity index (χ0) is 20.2. The molecule has 4 rings (SSSR count). The number of anilines is 3. The molecule has 0 bridgehead atoms. The van der Waals surface area contributed by atoms with E-state index in [2.05, 4.69) is 15.6 Å². The third kappa shape index (κ3) is 4.77. The Hall–Kier alpha value is -2.86. The molecule has 0 unspecified atom stereocenters. The first-order chi connectivity index (χ1) is 14.1. The minimum atomic E-state index is -0.254. The molecule has 0 spiro atoms. The van der Waals surface area contributed by atoms with Crippen LogP contribution in [0.4, 0.5) is 16.5 Å². The molecule has 0 saturated heterocycles. The summed E-state index contributed by atoms with van der Waals surface area (Å²) in [5, 5.41) is 9.98. The summed E-state index contributed by atoms with van der Waals surface area (Å²) in [5.41, 5.74) is 3.74. The molecule has 0 radical (unpaired) electrons. The third-order valence-electron chi connectivity index (χ3n) is 4.13. The predicted molar refractivity (Wildman–Crippen MR) is 122 cm³/mol. The lowest BCUT2D eigenvalue weighted by atomic mass is 10.1. The number of rotatable bonds is 5. The van der Waals surface area contributed by atoms with E-state index in [0.717, 1.165) is 22.1 Å². The molecule has 29 heavy (non-hydrogen) atoms. The van der Waals surface area contributed by atoms with Gasteiger partial charge in [0.2, 0.25) is 0 Å². The molecule has 4 nitrogen and oxygen atoms in total. The van der Waals surface area contributed by atoms with Crippen LogP contribution < -0.4 is 10.6 Å². The number of carbonyl (C=O) groups excluding carboxylic acids is 1. The van der Waals surface area contributed by atoms with Crippen LogP contribution in [0, 0.1) is 0 Å². The third-order valence-corrected chi connectivity index (χ3v) is 5.47. The van der Waals surface area contributed by atoms with Gasteiger partial charge in [0, 0.05) is 27.3 Å². The highest BCUT2D eigenvalue weighted by Crippen LogP contribution is 2.29. The number of aromatic nitrogens is 1. The summed E-state index contributed by atoms with van der Waals surface area (Å²) in [6.45, 7) is 0. The maximum Gasteiger partial charge on any atom is 0.257 e.